The summed E-state index contributed by atoms with van der Waals surface area (Å²) in [6.45, 7) is 3.18. The Kier molecular flexibility index (Phi) is 6.21. The SMILES string of the molecule is Cc1cnc(Cn2c(Oc3ccc(OC(C)(F)F)cc3)nc3c2c(=O)n(CCCO)n3C)s1. The summed E-state index contributed by atoms with van der Waals surface area (Å²) in [6.07, 6.45) is -1.11. The van der Waals surface area contributed by atoms with Gasteiger partial charge in [-0.1, -0.05) is 0 Å². The van der Waals surface area contributed by atoms with Crippen molar-refractivity contribution >= 4 is 22.5 Å². The summed E-state index contributed by atoms with van der Waals surface area (Å²) >= 11 is 1.50. The van der Waals surface area contributed by atoms with Crippen molar-refractivity contribution in [3.8, 4) is 17.5 Å². The van der Waals surface area contributed by atoms with Gasteiger partial charge in [0.05, 0.1) is 6.54 Å². The van der Waals surface area contributed by atoms with Gasteiger partial charge in [-0.3, -0.25) is 14.0 Å². The molecule has 9 nitrogen and oxygen atoms in total. The first-order valence-corrected chi connectivity index (χ1v) is 11.0. The molecule has 0 atom stereocenters. The molecule has 0 bridgehead atoms. The van der Waals surface area contributed by atoms with E-state index in [0.717, 1.165) is 9.88 Å². The van der Waals surface area contributed by atoms with Gasteiger partial charge in [0.1, 0.15) is 16.5 Å². The van der Waals surface area contributed by atoms with E-state index in [9.17, 15) is 13.6 Å². The number of aromatic nitrogens is 5. The number of aliphatic hydroxyl groups excluding tert-OH is 1. The van der Waals surface area contributed by atoms with Crippen LogP contribution in [0.4, 0.5) is 8.78 Å². The van der Waals surface area contributed by atoms with E-state index in [-0.39, 0.29) is 30.5 Å². The number of thiazole rings is 1. The van der Waals surface area contributed by atoms with Crippen LogP contribution in [0, 0.1) is 6.92 Å². The first-order chi connectivity index (χ1) is 15.7. The summed E-state index contributed by atoms with van der Waals surface area (Å²) in [5.41, 5.74) is 0.515. The predicted octanol–water partition coefficient (Wildman–Crippen LogP) is 3.52. The minimum absolute atomic E-state index is 0.00613. The van der Waals surface area contributed by atoms with E-state index in [4.69, 9.17) is 9.84 Å². The lowest BCUT2D eigenvalue weighted by Crippen LogP contribution is -2.23. The Morgan fingerprint density at radius 1 is 1.21 bits per heavy atom. The third-order valence-corrected chi connectivity index (χ3v) is 5.74. The summed E-state index contributed by atoms with van der Waals surface area (Å²) in [4.78, 5) is 23.1. The molecule has 0 saturated carbocycles. The van der Waals surface area contributed by atoms with Crippen LogP contribution in [0.15, 0.2) is 35.3 Å². The molecule has 0 aliphatic rings. The van der Waals surface area contributed by atoms with Crippen LogP contribution in [0.3, 0.4) is 0 Å². The molecule has 0 unspecified atom stereocenters. The Hall–Kier alpha value is -3.25. The predicted molar refractivity (Wildman–Crippen MR) is 118 cm³/mol. The zero-order valence-electron chi connectivity index (χ0n) is 18.3. The molecule has 0 fully saturated rings. The number of nitrogens with zero attached hydrogens (tertiary/aromatic N) is 5. The molecule has 1 aromatic carbocycles. The molecule has 0 aliphatic carbocycles. The highest BCUT2D eigenvalue weighted by atomic mass is 32.1. The third-order valence-electron chi connectivity index (χ3n) is 4.84. The van der Waals surface area contributed by atoms with Crippen molar-refractivity contribution in [3.05, 3.63) is 50.7 Å². The van der Waals surface area contributed by atoms with Crippen molar-refractivity contribution in [2.24, 2.45) is 7.05 Å². The summed E-state index contributed by atoms with van der Waals surface area (Å²) in [6, 6.07) is 5.87. The van der Waals surface area contributed by atoms with Crippen LogP contribution in [0.2, 0.25) is 0 Å². The molecule has 0 spiro atoms. The number of fused-ring (bicyclic) bond motifs is 1. The van der Waals surface area contributed by atoms with Gasteiger partial charge in [0.25, 0.3) is 5.56 Å². The molecule has 3 heterocycles. The monoisotopic (exact) mass is 479 g/mol. The van der Waals surface area contributed by atoms with Crippen LogP contribution < -0.4 is 15.0 Å². The molecule has 4 aromatic rings. The van der Waals surface area contributed by atoms with Gasteiger partial charge in [0, 0.05) is 38.2 Å². The number of rotatable bonds is 9. The molecular weight excluding hydrogens is 456 g/mol. The van der Waals surface area contributed by atoms with Crippen molar-refractivity contribution in [1.82, 2.24) is 23.9 Å². The summed E-state index contributed by atoms with van der Waals surface area (Å²) < 4.78 is 41.4. The second-order valence-corrected chi connectivity index (χ2v) is 8.85. The number of aliphatic hydroxyl groups is 1. The number of aryl methyl sites for hydroxylation is 2. The standard InChI is InChI=1S/C21H23F2N5O4S/c1-13-11-24-16(33-13)12-27-17-18(26(3)28(19(17)30)9-4-10-29)25-20(27)31-14-5-7-15(8-6-14)32-21(2,22)23/h5-8,11,29H,4,9-10,12H2,1-3H3. The number of ether oxygens (including phenoxy) is 2. The maximum atomic E-state index is 13.2. The zero-order chi connectivity index (χ0) is 23.8. The Labute approximate surface area is 191 Å². The maximum Gasteiger partial charge on any atom is 0.394 e. The van der Waals surface area contributed by atoms with E-state index in [0.29, 0.717) is 36.8 Å². The number of alkyl halides is 2. The fraction of sp³-hybridized carbons (Fsp3) is 0.381. The lowest BCUT2D eigenvalue weighted by molar-refractivity contribution is -0.158. The van der Waals surface area contributed by atoms with Crippen molar-refractivity contribution in [3.63, 3.8) is 0 Å². The number of imidazole rings is 1. The van der Waals surface area contributed by atoms with E-state index in [1.54, 1.807) is 22.5 Å². The van der Waals surface area contributed by atoms with Crippen LogP contribution in [0.25, 0.3) is 11.2 Å². The highest BCUT2D eigenvalue weighted by molar-refractivity contribution is 7.11. The average Bonchev–Trinajstić information content (AvgIpc) is 3.38. The topological polar surface area (TPSA) is 96.3 Å². The normalized spacial score (nSPS) is 11.9. The van der Waals surface area contributed by atoms with Crippen LogP contribution in [-0.2, 0) is 20.1 Å². The van der Waals surface area contributed by atoms with Crippen molar-refractivity contribution in [1.29, 1.82) is 0 Å². The van der Waals surface area contributed by atoms with E-state index >= 15 is 0 Å². The molecule has 33 heavy (non-hydrogen) atoms. The summed E-state index contributed by atoms with van der Waals surface area (Å²) in [5.74, 6) is 0.336. The van der Waals surface area contributed by atoms with Gasteiger partial charge in [-0.05, 0) is 37.6 Å². The number of hydrogen-bond acceptors (Lipinski definition) is 7. The molecule has 176 valence electrons. The van der Waals surface area contributed by atoms with Crippen molar-refractivity contribution in [2.75, 3.05) is 6.61 Å². The molecule has 0 amide bonds. The van der Waals surface area contributed by atoms with E-state index in [1.165, 1.54) is 40.3 Å². The van der Waals surface area contributed by atoms with E-state index < -0.39 is 6.11 Å². The van der Waals surface area contributed by atoms with Crippen LogP contribution >= 0.6 is 11.3 Å². The smallest absolute Gasteiger partial charge is 0.394 e. The van der Waals surface area contributed by atoms with Gasteiger partial charge in [-0.2, -0.15) is 13.8 Å². The summed E-state index contributed by atoms with van der Waals surface area (Å²) in [7, 11) is 1.72. The van der Waals surface area contributed by atoms with Crippen molar-refractivity contribution < 1.29 is 23.4 Å². The highest BCUT2D eigenvalue weighted by Crippen LogP contribution is 2.29. The van der Waals surface area contributed by atoms with E-state index in [1.807, 2.05) is 6.92 Å². The maximum absolute atomic E-state index is 13.2. The molecule has 3 aromatic heterocycles. The first kappa shape index (κ1) is 22.9. The molecule has 0 saturated heterocycles. The number of halogens is 2. The molecular formula is C21H23F2N5O4S. The second-order valence-electron chi connectivity index (χ2n) is 7.53. The minimum Gasteiger partial charge on any atom is -0.433 e. The fourth-order valence-electron chi connectivity index (χ4n) is 3.42. The lowest BCUT2D eigenvalue weighted by atomic mass is 10.3. The quantitative estimate of drug-likeness (QED) is 0.395. The molecule has 1 N–H and O–H groups in total. The Morgan fingerprint density at radius 2 is 1.91 bits per heavy atom. The van der Waals surface area contributed by atoms with E-state index in [2.05, 4.69) is 14.7 Å². The zero-order valence-corrected chi connectivity index (χ0v) is 19.1. The largest absolute Gasteiger partial charge is 0.433 e. The lowest BCUT2D eigenvalue weighted by Gasteiger charge is -2.13. The highest BCUT2D eigenvalue weighted by Gasteiger charge is 2.24. The molecule has 0 aliphatic heterocycles. The fourth-order valence-corrected chi connectivity index (χ4v) is 4.20. The van der Waals surface area contributed by atoms with Crippen LogP contribution in [-0.4, -0.2) is 41.7 Å². The molecule has 0 radical (unpaired) electrons. The Bertz CT molecular complexity index is 1320. The van der Waals surface area contributed by atoms with Crippen molar-refractivity contribution in [2.45, 2.75) is 39.5 Å². The minimum atomic E-state index is -3.29. The van der Waals surface area contributed by atoms with Gasteiger partial charge in [-0.15, -0.1) is 11.3 Å². The van der Waals surface area contributed by atoms with Gasteiger partial charge in [0.2, 0.25) is 0 Å². The summed E-state index contributed by atoms with van der Waals surface area (Å²) in [5, 5.41) is 9.93. The van der Waals surface area contributed by atoms with Gasteiger partial charge in [-0.25, -0.2) is 9.67 Å². The van der Waals surface area contributed by atoms with Gasteiger partial charge >= 0.3 is 12.1 Å². The average molecular weight is 480 g/mol. The van der Waals surface area contributed by atoms with Gasteiger partial charge < -0.3 is 14.6 Å². The molecule has 4 rings (SSSR count). The van der Waals surface area contributed by atoms with Crippen LogP contribution in [0.1, 0.15) is 23.2 Å². The Balaban J connectivity index is 1.73. The number of hydrogen-bond donors (Lipinski definition) is 1. The molecule has 12 heteroatoms. The Morgan fingerprint density at radius 3 is 2.52 bits per heavy atom. The first-order valence-electron chi connectivity index (χ1n) is 10.2. The number of benzene rings is 1. The van der Waals surface area contributed by atoms with Gasteiger partial charge in [0.15, 0.2) is 11.2 Å². The second kappa shape index (κ2) is 8.94. The third kappa shape index (κ3) is 4.91. The van der Waals surface area contributed by atoms with Crippen LogP contribution in [0.5, 0.6) is 17.5 Å².